The molecule has 1 aliphatic heterocycles. The van der Waals surface area contributed by atoms with Gasteiger partial charge in [-0.25, -0.2) is 4.90 Å². The van der Waals surface area contributed by atoms with Gasteiger partial charge in [-0.05, 0) is 37.3 Å². The molecule has 0 radical (unpaired) electrons. The van der Waals surface area contributed by atoms with Crippen LogP contribution in [0, 0.1) is 17.8 Å². The quantitative estimate of drug-likeness (QED) is 0.586. The van der Waals surface area contributed by atoms with Gasteiger partial charge in [0.25, 0.3) is 0 Å². The number of carbonyl (C=O) groups excluding carboxylic acids is 3. The molecule has 3 atom stereocenters. The van der Waals surface area contributed by atoms with Crippen LogP contribution in [-0.4, -0.2) is 24.2 Å². The fraction of sp³-hybridized carbons (Fsp3) is 0.348. The van der Waals surface area contributed by atoms with Crippen LogP contribution in [0.5, 0.6) is 5.75 Å². The van der Waals surface area contributed by atoms with Crippen LogP contribution >= 0.6 is 0 Å². The summed E-state index contributed by atoms with van der Waals surface area (Å²) < 4.78 is 5.63. The molecule has 2 aromatic rings. The van der Waals surface area contributed by atoms with Gasteiger partial charge in [-0.2, -0.15) is 0 Å². The van der Waals surface area contributed by atoms with E-state index in [1.165, 1.54) is 4.90 Å². The van der Waals surface area contributed by atoms with Crippen molar-refractivity contribution in [3.8, 4) is 5.75 Å². The summed E-state index contributed by atoms with van der Waals surface area (Å²) in [6.45, 7) is 2.03. The van der Waals surface area contributed by atoms with Crippen LogP contribution < -0.4 is 9.64 Å². The molecule has 2 fully saturated rings. The van der Waals surface area contributed by atoms with E-state index in [0.717, 1.165) is 19.3 Å². The Bertz CT molecular complexity index is 908. The average Bonchev–Trinajstić information content (AvgIpc) is 2.96. The van der Waals surface area contributed by atoms with Gasteiger partial charge in [0, 0.05) is 11.6 Å². The lowest BCUT2D eigenvalue weighted by Crippen LogP contribution is -2.30. The number of anilines is 1. The van der Waals surface area contributed by atoms with Crippen molar-refractivity contribution in [2.45, 2.75) is 26.2 Å². The van der Waals surface area contributed by atoms with Gasteiger partial charge >= 0.3 is 0 Å². The van der Waals surface area contributed by atoms with Crippen LogP contribution in [0.15, 0.2) is 54.6 Å². The molecule has 1 heterocycles. The van der Waals surface area contributed by atoms with Crippen molar-refractivity contribution in [2.24, 2.45) is 17.8 Å². The molecule has 2 amide bonds. The van der Waals surface area contributed by atoms with E-state index in [-0.39, 0.29) is 36.0 Å². The first kappa shape index (κ1) is 18.4. The van der Waals surface area contributed by atoms with Crippen LogP contribution in [0.25, 0.3) is 0 Å². The molecule has 5 heteroatoms. The molecule has 3 unspecified atom stereocenters. The fourth-order valence-corrected chi connectivity index (χ4v) is 4.21. The lowest BCUT2D eigenvalue weighted by Gasteiger charge is -2.25. The third kappa shape index (κ3) is 3.44. The summed E-state index contributed by atoms with van der Waals surface area (Å²) in [7, 11) is 0. The Morgan fingerprint density at radius 3 is 2.54 bits per heavy atom. The fourth-order valence-electron chi connectivity index (χ4n) is 4.21. The summed E-state index contributed by atoms with van der Waals surface area (Å²) >= 11 is 0. The van der Waals surface area contributed by atoms with Crippen molar-refractivity contribution >= 4 is 23.3 Å². The maximum atomic E-state index is 12.9. The van der Waals surface area contributed by atoms with E-state index in [4.69, 9.17) is 4.74 Å². The van der Waals surface area contributed by atoms with Gasteiger partial charge < -0.3 is 4.74 Å². The number of carbonyl (C=O) groups is 3. The highest BCUT2D eigenvalue weighted by Gasteiger charge is 2.49. The minimum absolute atomic E-state index is 0.0991. The second kappa shape index (κ2) is 7.58. The van der Waals surface area contributed by atoms with Crippen molar-refractivity contribution in [2.75, 3.05) is 11.5 Å². The molecule has 28 heavy (non-hydrogen) atoms. The summed E-state index contributed by atoms with van der Waals surface area (Å²) in [4.78, 5) is 39.2. The van der Waals surface area contributed by atoms with Crippen LogP contribution in [0.4, 0.5) is 5.69 Å². The maximum absolute atomic E-state index is 12.9. The van der Waals surface area contributed by atoms with E-state index in [1.807, 2.05) is 6.07 Å². The van der Waals surface area contributed by atoms with E-state index in [1.54, 1.807) is 48.5 Å². The topological polar surface area (TPSA) is 63.7 Å². The molecule has 5 nitrogen and oxygen atoms in total. The Morgan fingerprint density at radius 2 is 1.75 bits per heavy atom. The van der Waals surface area contributed by atoms with Gasteiger partial charge in [-0.15, -0.1) is 0 Å². The van der Waals surface area contributed by atoms with Crippen molar-refractivity contribution in [1.29, 1.82) is 0 Å². The third-order valence-corrected chi connectivity index (χ3v) is 5.73. The second-order valence-corrected chi connectivity index (χ2v) is 7.72. The molecule has 1 saturated carbocycles. The van der Waals surface area contributed by atoms with Crippen molar-refractivity contribution in [1.82, 2.24) is 0 Å². The normalized spacial score (nSPS) is 24.2. The highest BCUT2D eigenvalue weighted by atomic mass is 16.5. The molecule has 1 saturated heterocycles. The smallest absolute Gasteiger partial charge is 0.237 e. The van der Waals surface area contributed by atoms with Crippen LogP contribution in [-0.2, 0) is 9.59 Å². The molecule has 1 aliphatic carbocycles. The van der Waals surface area contributed by atoms with Gasteiger partial charge in [0.2, 0.25) is 11.8 Å². The second-order valence-electron chi connectivity index (χ2n) is 7.72. The average molecular weight is 377 g/mol. The molecule has 2 aliphatic rings. The number of nitrogens with zero attached hydrogens (tertiary/aromatic N) is 1. The van der Waals surface area contributed by atoms with E-state index >= 15 is 0 Å². The zero-order valence-corrected chi connectivity index (χ0v) is 15.8. The molecular weight excluding hydrogens is 354 g/mol. The van der Waals surface area contributed by atoms with Gasteiger partial charge in [-0.1, -0.05) is 43.3 Å². The first-order chi connectivity index (χ1) is 13.5. The number of Topliss-reactive ketones (excluding diaryl/α,β-unsaturated/α-hetero) is 1. The summed E-state index contributed by atoms with van der Waals surface area (Å²) in [6.07, 6.45) is 2.53. The van der Waals surface area contributed by atoms with Crippen molar-refractivity contribution in [3.63, 3.8) is 0 Å². The zero-order valence-electron chi connectivity index (χ0n) is 15.8. The van der Waals surface area contributed by atoms with E-state index in [9.17, 15) is 14.4 Å². The number of rotatable bonds is 5. The first-order valence-electron chi connectivity index (χ1n) is 9.73. The molecule has 0 bridgehead atoms. The monoisotopic (exact) mass is 377 g/mol. The van der Waals surface area contributed by atoms with Crippen molar-refractivity contribution in [3.05, 3.63) is 60.2 Å². The Labute approximate surface area is 164 Å². The van der Waals surface area contributed by atoms with Gasteiger partial charge in [0.15, 0.2) is 12.4 Å². The van der Waals surface area contributed by atoms with Crippen LogP contribution in [0.1, 0.15) is 36.5 Å². The number of hydrogen-bond donors (Lipinski definition) is 0. The van der Waals surface area contributed by atoms with E-state index < -0.39 is 0 Å². The molecule has 144 valence electrons. The summed E-state index contributed by atoms with van der Waals surface area (Å²) in [5.41, 5.74) is 1.10. The molecule has 4 rings (SSSR count). The number of ether oxygens (including phenoxy) is 1. The standard InChI is InChI=1S/C23H23NO4/c1-15-10-11-19-20(12-15)23(27)24(22(19)26)17-8-5-9-18(13-17)28-14-21(25)16-6-3-2-4-7-16/h2-9,13,15,19-20H,10-12,14H2,1H3. The third-order valence-electron chi connectivity index (χ3n) is 5.73. The minimum Gasteiger partial charge on any atom is -0.485 e. The molecule has 0 aromatic heterocycles. The Balaban J connectivity index is 1.49. The van der Waals surface area contributed by atoms with E-state index in [2.05, 4.69) is 6.92 Å². The van der Waals surface area contributed by atoms with Gasteiger partial charge in [-0.3, -0.25) is 14.4 Å². The van der Waals surface area contributed by atoms with E-state index in [0.29, 0.717) is 22.9 Å². The molecule has 0 N–H and O–H groups in total. The highest BCUT2D eigenvalue weighted by Crippen LogP contribution is 2.42. The Morgan fingerprint density at radius 1 is 1.00 bits per heavy atom. The number of fused-ring (bicyclic) bond motifs is 1. The van der Waals surface area contributed by atoms with Crippen LogP contribution in [0.3, 0.4) is 0 Å². The molecule has 2 aromatic carbocycles. The minimum atomic E-state index is -0.208. The first-order valence-corrected chi connectivity index (χ1v) is 9.73. The van der Waals surface area contributed by atoms with Gasteiger partial charge in [0.05, 0.1) is 17.5 Å². The lowest BCUT2D eigenvalue weighted by atomic mass is 9.76. The number of amides is 2. The maximum Gasteiger partial charge on any atom is 0.237 e. The Kier molecular flexibility index (Phi) is 4.99. The zero-order chi connectivity index (χ0) is 19.7. The van der Waals surface area contributed by atoms with Gasteiger partial charge in [0.1, 0.15) is 5.75 Å². The van der Waals surface area contributed by atoms with Crippen molar-refractivity contribution < 1.29 is 19.1 Å². The molecular formula is C23H23NO4. The highest BCUT2D eigenvalue weighted by molar-refractivity contribution is 6.22. The molecule has 0 spiro atoms. The largest absolute Gasteiger partial charge is 0.485 e. The number of ketones is 1. The number of imide groups is 1. The summed E-state index contributed by atoms with van der Waals surface area (Å²) in [5, 5.41) is 0. The Hall–Kier alpha value is -2.95. The number of benzene rings is 2. The lowest BCUT2D eigenvalue weighted by molar-refractivity contribution is -0.122. The predicted octanol–water partition coefficient (Wildman–Crippen LogP) is 3.87. The summed E-state index contributed by atoms with van der Waals surface area (Å²) in [6, 6.07) is 15.8. The van der Waals surface area contributed by atoms with Crippen LogP contribution in [0.2, 0.25) is 0 Å². The number of hydrogen-bond acceptors (Lipinski definition) is 4. The SMILES string of the molecule is CC1CCC2C(=O)N(c3cccc(OCC(=O)c4ccccc4)c3)C(=O)C2C1. The predicted molar refractivity (Wildman–Crippen MR) is 105 cm³/mol. The summed E-state index contributed by atoms with van der Waals surface area (Å²) in [5.74, 6) is 0.175.